The molecule has 2 aromatic carbocycles. The van der Waals surface area contributed by atoms with Crippen LogP contribution in [0.4, 0.5) is 0 Å². The minimum Gasteiger partial charge on any atom is -0.390 e. The van der Waals surface area contributed by atoms with Gasteiger partial charge in [-0.15, -0.1) is 0 Å². The van der Waals surface area contributed by atoms with Crippen LogP contribution >= 0.6 is 0 Å². The highest BCUT2D eigenvalue weighted by atomic mass is 16.6. The standard InChI is InChI=1S/C16H16N2O/c17-11-15-10-16(18-19-15)14-8-6-13(7-9-14)12-4-2-1-3-5-12/h1-9,15H,10-11,17H2/t15-/m1/s1. The fourth-order valence-corrected chi connectivity index (χ4v) is 2.21. The fourth-order valence-electron chi connectivity index (χ4n) is 2.21. The smallest absolute Gasteiger partial charge is 0.145 e. The molecule has 0 aliphatic carbocycles. The number of hydrogen-bond donors (Lipinski definition) is 1. The largest absolute Gasteiger partial charge is 0.390 e. The third-order valence-electron chi connectivity index (χ3n) is 3.32. The molecule has 96 valence electrons. The van der Waals surface area contributed by atoms with Gasteiger partial charge in [0.15, 0.2) is 0 Å². The molecule has 0 aromatic heterocycles. The van der Waals surface area contributed by atoms with Gasteiger partial charge in [-0.1, -0.05) is 59.8 Å². The van der Waals surface area contributed by atoms with Crippen LogP contribution in [0.15, 0.2) is 59.8 Å². The maximum absolute atomic E-state index is 5.58. The van der Waals surface area contributed by atoms with Crippen molar-refractivity contribution in [2.24, 2.45) is 10.9 Å². The molecule has 0 fully saturated rings. The highest BCUT2D eigenvalue weighted by Gasteiger charge is 2.20. The molecular formula is C16H16N2O. The molecular weight excluding hydrogens is 236 g/mol. The first-order valence-corrected chi connectivity index (χ1v) is 6.45. The molecule has 1 aliphatic rings. The van der Waals surface area contributed by atoms with Crippen molar-refractivity contribution in [2.45, 2.75) is 12.5 Å². The average molecular weight is 252 g/mol. The Morgan fingerprint density at radius 1 is 0.947 bits per heavy atom. The van der Waals surface area contributed by atoms with Crippen LogP contribution in [-0.4, -0.2) is 18.4 Å². The number of hydrogen-bond acceptors (Lipinski definition) is 3. The van der Waals surface area contributed by atoms with E-state index in [1.54, 1.807) is 0 Å². The second-order valence-electron chi connectivity index (χ2n) is 4.65. The van der Waals surface area contributed by atoms with Gasteiger partial charge in [-0.05, 0) is 16.7 Å². The minimum atomic E-state index is 0.0313. The summed E-state index contributed by atoms with van der Waals surface area (Å²) in [6, 6.07) is 18.7. The zero-order valence-corrected chi connectivity index (χ0v) is 10.6. The summed E-state index contributed by atoms with van der Waals surface area (Å²) in [6.45, 7) is 0.509. The van der Waals surface area contributed by atoms with Gasteiger partial charge >= 0.3 is 0 Å². The molecule has 0 radical (unpaired) electrons. The van der Waals surface area contributed by atoms with Crippen LogP contribution in [-0.2, 0) is 4.84 Å². The van der Waals surface area contributed by atoms with E-state index in [-0.39, 0.29) is 6.10 Å². The summed E-state index contributed by atoms with van der Waals surface area (Å²) >= 11 is 0. The van der Waals surface area contributed by atoms with E-state index in [1.165, 1.54) is 11.1 Å². The summed E-state index contributed by atoms with van der Waals surface area (Å²) < 4.78 is 0. The third kappa shape index (κ3) is 2.51. The molecule has 3 rings (SSSR count). The zero-order chi connectivity index (χ0) is 13.1. The fraction of sp³-hybridized carbons (Fsp3) is 0.188. The third-order valence-corrected chi connectivity index (χ3v) is 3.32. The lowest BCUT2D eigenvalue weighted by Gasteiger charge is -2.04. The van der Waals surface area contributed by atoms with E-state index in [4.69, 9.17) is 10.6 Å². The Bertz CT molecular complexity index is 575. The van der Waals surface area contributed by atoms with Gasteiger partial charge in [-0.2, -0.15) is 0 Å². The van der Waals surface area contributed by atoms with Crippen molar-refractivity contribution in [3.8, 4) is 11.1 Å². The highest BCUT2D eigenvalue weighted by Crippen LogP contribution is 2.21. The molecule has 0 bridgehead atoms. The molecule has 2 N–H and O–H groups in total. The first-order valence-electron chi connectivity index (χ1n) is 6.45. The lowest BCUT2D eigenvalue weighted by atomic mass is 10.0. The molecule has 2 aromatic rings. The molecule has 0 amide bonds. The molecule has 1 heterocycles. The van der Waals surface area contributed by atoms with Gasteiger partial charge in [-0.25, -0.2) is 0 Å². The molecule has 3 heteroatoms. The lowest BCUT2D eigenvalue weighted by molar-refractivity contribution is 0.0918. The Hall–Kier alpha value is -2.13. The lowest BCUT2D eigenvalue weighted by Crippen LogP contribution is -2.20. The quantitative estimate of drug-likeness (QED) is 0.913. The molecule has 0 saturated heterocycles. The monoisotopic (exact) mass is 252 g/mol. The number of benzene rings is 2. The van der Waals surface area contributed by atoms with Gasteiger partial charge in [0.05, 0.1) is 5.71 Å². The molecule has 19 heavy (non-hydrogen) atoms. The number of oxime groups is 1. The summed E-state index contributed by atoms with van der Waals surface area (Å²) in [6.07, 6.45) is 0.824. The molecule has 3 nitrogen and oxygen atoms in total. The van der Waals surface area contributed by atoms with Crippen molar-refractivity contribution < 1.29 is 4.84 Å². The van der Waals surface area contributed by atoms with Crippen LogP contribution < -0.4 is 5.73 Å². The van der Waals surface area contributed by atoms with E-state index in [0.717, 1.165) is 17.7 Å². The second kappa shape index (κ2) is 5.24. The van der Waals surface area contributed by atoms with Gasteiger partial charge in [-0.3, -0.25) is 0 Å². The molecule has 1 atom stereocenters. The number of nitrogens with zero attached hydrogens (tertiary/aromatic N) is 1. The second-order valence-corrected chi connectivity index (χ2v) is 4.65. The summed E-state index contributed by atoms with van der Waals surface area (Å²) in [7, 11) is 0. The van der Waals surface area contributed by atoms with Crippen molar-refractivity contribution in [3.05, 3.63) is 60.2 Å². The van der Waals surface area contributed by atoms with Crippen molar-refractivity contribution in [2.75, 3.05) is 6.54 Å². The van der Waals surface area contributed by atoms with Crippen LogP contribution in [0.5, 0.6) is 0 Å². The van der Waals surface area contributed by atoms with E-state index >= 15 is 0 Å². The van der Waals surface area contributed by atoms with Crippen molar-refractivity contribution >= 4 is 5.71 Å². The van der Waals surface area contributed by atoms with Crippen LogP contribution in [0.1, 0.15) is 12.0 Å². The topological polar surface area (TPSA) is 47.6 Å². The molecule has 0 spiro atoms. The minimum absolute atomic E-state index is 0.0313. The van der Waals surface area contributed by atoms with Crippen molar-refractivity contribution in [3.63, 3.8) is 0 Å². The SMILES string of the molecule is NC[C@H]1CC(c2ccc(-c3ccccc3)cc2)=NO1. The normalized spacial score (nSPS) is 17.9. The van der Waals surface area contributed by atoms with Gasteiger partial charge < -0.3 is 10.6 Å². The Morgan fingerprint density at radius 2 is 1.58 bits per heavy atom. The van der Waals surface area contributed by atoms with Crippen LogP contribution in [0.2, 0.25) is 0 Å². The van der Waals surface area contributed by atoms with Gasteiger partial charge in [0, 0.05) is 13.0 Å². The zero-order valence-electron chi connectivity index (χ0n) is 10.6. The predicted octanol–water partition coefficient (Wildman–Crippen LogP) is 2.81. The van der Waals surface area contributed by atoms with Crippen molar-refractivity contribution in [1.82, 2.24) is 0 Å². The summed E-state index contributed by atoms with van der Waals surface area (Å²) in [5, 5.41) is 4.10. The van der Waals surface area contributed by atoms with Crippen LogP contribution in [0.3, 0.4) is 0 Å². The van der Waals surface area contributed by atoms with Crippen LogP contribution in [0.25, 0.3) is 11.1 Å². The van der Waals surface area contributed by atoms with E-state index < -0.39 is 0 Å². The maximum atomic E-state index is 5.58. The van der Waals surface area contributed by atoms with E-state index in [2.05, 4.69) is 41.6 Å². The Kier molecular flexibility index (Phi) is 3.29. The average Bonchev–Trinajstić information content (AvgIpc) is 2.97. The van der Waals surface area contributed by atoms with Gasteiger partial charge in [0.25, 0.3) is 0 Å². The first-order chi connectivity index (χ1) is 9.36. The summed E-state index contributed by atoms with van der Waals surface area (Å²) in [4.78, 5) is 5.25. The van der Waals surface area contributed by atoms with Crippen LogP contribution in [0, 0.1) is 0 Å². The van der Waals surface area contributed by atoms with E-state index in [0.29, 0.717) is 6.54 Å². The molecule has 0 saturated carbocycles. The Morgan fingerprint density at radius 3 is 2.21 bits per heavy atom. The summed E-state index contributed by atoms with van der Waals surface area (Å²) in [5.74, 6) is 0. The van der Waals surface area contributed by atoms with E-state index in [9.17, 15) is 0 Å². The van der Waals surface area contributed by atoms with Gasteiger partial charge in [0.1, 0.15) is 6.10 Å². The first kappa shape index (κ1) is 11.9. The Labute approximate surface area is 112 Å². The maximum Gasteiger partial charge on any atom is 0.145 e. The van der Waals surface area contributed by atoms with Gasteiger partial charge in [0.2, 0.25) is 0 Å². The van der Waals surface area contributed by atoms with E-state index in [1.807, 2.05) is 18.2 Å². The molecule has 0 unspecified atom stereocenters. The molecule has 1 aliphatic heterocycles. The predicted molar refractivity (Wildman–Crippen MR) is 77.0 cm³/mol. The highest BCUT2D eigenvalue weighted by molar-refractivity contribution is 6.01. The Balaban J connectivity index is 1.80. The van der Waals surface area contributed by atoms with Crippen molar-refractivity contribution in [1.29, 1.82) is 0 Å². The summed E-state index contributed by atoms with van der Waals surface area (Å²) in [5.41, 5.74) is 10.1. The number of rotatable bonds is 3. The number of nitrogens with two attached hydrogens (primary N) is 1.